The first-order valence-electron chi connectivity index (χ1n) is 5.91. The standard InChI is InChI=1S/C11H21N3O/c1-9-2-3-11(8-9,10(12)15)14-6-4-13-5-7-14/h9,13H,2-8H2,1H3,(H2,12,15). The minimum Gasteiger partial charge on any atom is -0.368 e. The van der Waals surface area contributed by atoms with E-state index in [0.29, 0.717) is 5.92 Å². The molecule has 1 aliphatic carbocycles. The number of nitrogens with zero attached hydrogens (tertiary/aromatic N) is 1. The summed E-state index contributed by atoms with van der Waals surface area (Å²) in [5, 5.41) is 3.31. The van der Waals surface area contributed by atoms with Crippen LogP contribution in [0.1, 0.15) is 26.2 Å². The molecule has 86 valence electrons. The van der Waals surface area contributed by atoms with Crippen LogP contribution in [0.5, 0.6) is 0 Å². The van der Waals surface area contributed by atoms with E-state index < -0.39 is 0 Å². The fourth-order valence-electron chi connectivity index (χ4n) is 3.03. The maximum atomic E-state index is 11.7. The highest BCUT2D eigenvalue weighted by atomic mass is 16.1. The lowest BCUT2D eigenvalue weighted by Crippen LogP contribution is -2.61. The van der Waals surface area contributed by atoms with Crippen molar-refractivity contribution in [3.05, 3.63) is 0 Å². The van der Waals surface area contributed by atoms with Crippen molar-refractivity contribution in [3.8, 4) is 0 Å². The van der Waals surface area contributed by atoms with Crippen LogP contribution in [0, 0.1) is 5.92 Å². The van der Waals surface area contributed by atoms with Gasteiger partial charge in [0.15, 0.2) is 0 Å². The van der Waals surface area contributed by atoms with E-state index in [2.05, 4.69) is 17.1 Å². The Morgan fingerprint density at radius 3 is 2.60 bits per heavy atom. The van der Waals surface area contributed by atoms with Crippen molar-refractivity contribution in [1.29, 1.82) is 0 Å². The number of nitrogens with one attached hydrogen (secondary N) is 1. The minimum atomic E-state index is -0.332. The summed E-state index contributed by atoms with van der Waals surface area (Å²) < 4.78 is 0. The molecule has 1 saturated carbocycles. The molecule has 2 rings (SSSR count). The Balaban J connectivity index is 2.14. The summed E-state index contributed by atoms with van der Waals surface area (Å²) in [5.74, 6) is 0.515. The monoisotopic (exact) mass is 211 g/mol. The van der Waals surface area contributed by atoms with Gasteiger partial charge in [0.05, 0.1) is 0 Å². The first-order valence-corrected chi connectivity index (χ1v) is 5.91. The highest BCUT2D eigenvalue weighted by Crippen LogP contribution is 2.38. The second kappa shape index (κ2) is 4.10. The summed E-state index contributed by atoms with van der Waals surface area (Å²) in [5.41, 5.74) is 5.29. The van der Waals surface area contributed by atoms with E-state index in [0.717, 1.165) is 45.4 Å². The normalized spacial score (nSPS) is 38.1. The fourth-order valence-corrected chi connectivity index (χ4v) is 3.03. The lowest BCUT2D eigenvalue weighted by molar-refractivity contribution is -0.130. The van der Waals surface area contributed by atoms with Crippen LogP contribution in [0.25, 0.3) is 0 Å². The number of carbonyl (C=O) groups is 1. The molecule has 0 aromatic heterocycles. The number of hydrogen-bond donors (Lipinski definition) is 2. The molecule has 0 bridgehead atoms. The quantitative estimate of drug-likeness (QED) is 0.672. The summed E-state index contributed by atoms with van der Waals surface area (Å²) in [6, 6.07) is 0. The number of amides is 1. The summed E-state index contributed by atoms with van der Waals surface area (Å²) in [6.45, 7) is 6.07. The Labute approximate surface area is 91.2 Å². The first kappa shape index (κ1) is 10.9. The molecule has 2 atom stereocenters. The number of carbonyl (C=O) groups excluding carboxylic acids is 1. The van der Waals surface area contributed by atoms with Gasteiger partial charge in [0.1, 0.15) is 5.54 Å². The maximum absolute atomic E-state index is 11.7. The van der Waals surface area contributed by atoms with E-state index in [1.54, 1.807) is 0 Å². The SMILES string of the molecule is CC1CCC(C(N)=O)(N2CCNCC2)C1. The van der Waals surface area contributed by atoms with Crippen molar-refractivity contribution in [2.75, 3.05) is 26.2 Å². The van der Waals surface area contributed by atoms with Gasteiger partial charge in [-0.1, -0.05) is 6.92 Å². The van der Waals surface area contributed by atoms with E-state index in [1.807, 2.05) is 0 Å². The number of primary amides is 1. The summed E-state index contributed by atoms with van der Waals surface area (Å²) in [7, 11) is 0. The third kappa shape index (κ3) is 1.88. The van der Waals surface area contributed by atoms with Crippen molar-refractivity contribution in [2.45, 2.75) is 31.7 Å². The van der Waals surface area contributed by atoms with Crippen LogP contribution in [0.2, 0.25) is 0 Å². The van der Waals surface area contributed by atoms with Gasteiger partial charge in [0.2, 0.25) is 5.91 Å². The van der Waals surface area contributed by atoms with Gasteiger partial charge in [-0.05, 0) is 25.2 Å². The average molecular weight is 211 g/mol. The Bertz CT molecular complexity index is 250. The summed E-state index contributed by atoms with van der Waals surface area (Å²) in [4.78, 5) is 14.0. The number of nitrogens with two attached hydrogens (primary N) is 1. The van der Waals surface area contributed by atoms with Crippen molar-refractivity contribution in [1.82, 2.24) is 10.2 Å². The molecule has 15 heavy (non-hydrogen) atoms. The van der Waals surface area contributed by atoms with Gasteiger partial charge >= 0.3 is 0 Å². The number of rotatable bonds is 2. The second-order valence-corrected chi connectivity index (χ2v) is 4.98. The van der Waals surface area contributed by atoms with Crippen LogP contribution in [0.4, 0.5) is 0 Å². The zero-order chi connectivity index (χ0) is 10.9. The molecular weight excluding hydrogens is 190 g/mol. The van der Waals surface area contributed by atoms with Crippen molar-refractivity contribution < 1.29 is 4.79 Å². The summed E-state index contributed by atoms with van der Waals surface area (Å²) in [6.07, 6.45) is 3.03. The number of hydrogen-bond acceptors (Lipinski definition) is 3. The van der Waals surface area contributed by atoms with Crippen molar-refractivity contribution >= 4 is 5.91 Å². The molecule has 2 aliphatic rings. The maximum Gasteiger partial charge on any atom is 0.237 e. The average Bonchev–Trinajstić information content (AvgIpc) is 2.63. The third-order valence-corrected chi connectivity index (χ3v) is 3.92. The van der Waals surface area contributed by atoms with E-state index in [4.69, 9.17) is 5.73 Å². The van der Waals surface area contributed by atoms with Gasteiger partial charge < -0.3 is 11.1 Å². The van der Waals surface area contributed by atoms with Crippen LogP contribution in [0.3, 0.4) is 0 Å². The van der Waals surface area contributed by atoms with Gasteiger partial charge in [0.25, 0.3) is 0 Å². The Hall–Kier alpha value is -0.610. The van der Waals surface area contributed by atoms with Crippen LogP contribution in [-0.2, 0) is 4.79 Å². The molecule has 0 aromatic carbocycles. The predicted molar refractivity (Wildman–Crippen MR) is 59.4 cm³/mol. The third-order valence-electron chi connectivity index (χ3n) is 3.92. The molecule has 1 amide bonds. The minimum absolute atomic E-state index is 0.117. The molecule has 2 fully saturated rings. The first-order chi connectivity index (χ1) is 7.15. The van der Waals surface area contributed by atoms with Crippen LogP contribution in [-0.4, -0.2) is 42.5 Å². The zero-order valence-corrected chi connectivity index (χ0v) is 9.46. The van der Waals surface area contributed by atoms with Crippen LogP contribution >= 0.6 is 0 Å². The Morgan fingerprint density at radius 1 is 1.47 bits per heavy atom. The molecule has 0 radical (unpaired) electrons. The van der Waals surface area contributed by atoms with Crippen molar-refractivity contribution in [2.24, 2.45) is 11.7 Å². The topological polar surface area (TPSA) is 58.4 Å². The summed E-state index contributed by atoms with van der Waals surface area (Å²) >= 11 is 0. The molecule has 4 heteroatoms. The molecule has 3 N–H and O–H groups in total. The second-order valence-electron chi connectivity index (χ2n) is 4.98. The van der Waals surface area contributed by atoms with Gasteiger partial charge in [-0.15, -0.1) is 0 Å². The smallest absolute Gasteiger partial charge is 0.237 e. The molecular formula is C11H21N3O. The molecule has 2 unspecified atom stereocenters. The van der Waals surface area contributed by atoms with E-state index >= 15 is 0 Å². The lowest BCUT2D eigenvalue weighted by atomic mass is 9.92. The van der Waals surface area contributed by atoms with Crippen LogP contribution < -0.4 is 11.1 Å². The van der Waals surface area contributed by atoms with Gasteiger partial charge in [-0.2, -0.15) is 0 Å². The Kier molecular flexibility index (Phi) is 2.98. The highest BCUT2D eigenvalue weighted by molar-refractivity contribution is 5.85. The highest BCUT2D eigenvalue weighted by Gasteiger charge is 2.47. The number of piperazine rings is 1. The predicted octanol–water partition coefficient (Wildman–Crippen LogP) is -0.0643. The molecule has 1 heterocycles. The van der Waals surface area contributed by atoms with Gasteiger partial charge in [-0.25, -0.2) is 0 Å². The molecule has 1 aliphatic heterocycles. The van der Waals surface area contributed by atoms with Gasteiger partial charge in [0, 0.05) is 26.2 Å². The lowest BCUT2D eigenvalue weighted by Gasteiger charge is -2.41. The van der Waals surface area contributed by atoms with E-state index in [9.17, 15) is 4.79 Å². The van der Waals surface area contributed by atoms with E-state index in [1.165, 1.54) is 0 Å². The van der Waals surface area contributed by atoms with Gasteiger partial charge in [-0.3, -0.25) is 9.69 Å². The molecule has 0 aromatic rings. The van der Waals surface area contributed by atoms with Crippen molar-refractivity contribution in [3.63, 3.8) is 0 Å². The van der Waals surface area contributed by atoms with E-state index in [-0.39, 0.29) is 11.4 Å². The Morgan fingerprint density at radius 2 is 2.13 bits per heavy atom. The molecule has 4 nitrogen and oxygen atoms in total. The molecule has 1 saturated heterocycles. The molecule has 0 spiro atoms. The largest absolute Gasteiger partial charge is 0.368 e. The zero-order valence-electron chi connectivity index (χ0n) is 9.46. The fraction of sp³-hybridized carbons (Fsp3) is 0.909. The van der Waals surface area contributed by atoms with Crippen LogP contribution in [0.15, 0.2) is 0 Å².